The van der Waals surface area contributed by atoms with Gasteiger partial charge in [-0.2, -0.15) is 9.97 Å². The fraction of sp³-hybridized carbons (Fsp3) is 0.418. The van der Waals surface area contributed by atoms with Crippen molar-refractivity contribution in [2.75, 3.05) is 51.4 Å². The summed E-state index contributed by atoms with van der Waals surface area (Å²) in [4.78, 5) is 77.4. The third-order valence-electron chi connectivity index (χ3n) is 15.0. The second-order valence-electron chi connectivity index (χ2n) is 19.9. The monoisotopic (exact) mass is 1010 g/mol. The van der Waals surface area contributed by atoms with Gasteiger partial charge < -0.3 is 30.1 Å². The van der Waals surface area contributed by atoms with Crippen LogP contribution in [0.1, 0.15) is 96.6 Å². The second-order valence-corrected chi connectivity index (χ2v) is 19.9. The molecule has 4 fully saturated rings. The molecular weight excluding hydrogens is 953 g/mol. The number of aromatic nitrogens is 3. The van der Waals surface area contributed by atoms with Gasteiger partial charge in [-0.1, -0.05) is 36.3 Å². The van der Waals surface area contributed by atoms with Crippen molar-refractivity contribution in [1.82, 2.24) is 40.7 Å². The molecule has 0 aliphatic carbocycles. The van der Waals surface area contributed by atoms with Gasteiger partial charge in [-0.3, -0.25) is 44.1 Å². The molecule has 0 saturated carbocycles. The molecule has 0 spiro atoms. The molecule has 5 aliphatic heterocycles. The maximum Gasteiger partial charge on any atom is 0.319 e. The van der Waals surface area contributed by atoms with Gasteiger partial charge in [-0.25, -0.2) is 8.78 Å². The molecule has 4 saturated heterocycles. The van der Waals surface area contributed by atoms with Crippen LogP contribution in [-0.2, 0) is 25.5 Å². The number of hydrogen-bond acceptors (Lipinski definition) is 14. The first-order valence-corrected chi connectivity index (χ1v) is 25.0. The topological polar surface area (TPSA) is 209 Å². The third kappa shape index (κ3) is 10.1. The highest BCUT2D eigenvalue weighted by Crippen LogP contribution is 2.45. The molecule has 5 unspecified atom stereocenters. The molecule has 10 rings (SSSR count). The summed E-state index contributed by atoms with van der Waals surface area (Å²) in [7, 11) is 1.72. The lowest BCUT2D eigenvalue weighted by molar-refractivity contribution is -0.125. The lowest BCUT2D eigenvalue weighted by atomic mass is 9.94. The number of phenolic OH excluding ortho intramolecular Hbond substituents is 1. The number of unbranched alkanes of at least 4 members (excludes halogenated alkanes) is 1. The van der Waals surface area contributed by atoms with E-state index in [0.717, 1.165) is 62.6 Å². The second kappa shape index (κ2) is 22.0. The number of rotatable bonds is 18. The van der Waals surface area contributed by atoms with E-state index in [9.17, 15) is 33.5 Å². The molecule has 0 radical (unpaired) electrons. The summed E-state index contributed by atoms with van der Waals surface area (Å²) in [5.74, 6) is 0.320. The Morgan fingerprint density at radius 3 is 2.61 bits per heavy atom. The van der Waals surface area contributed by atoms with Crippen molar-refractivity contribution in [1.29, 1.82) is 0 Å². The van der Waals surface area contributed by atoms with Crippen LogP contribution in [0.15, 0.2) is 60.8 Å². The number of benzene rings is 3. The minimum Gasteiger partial charge on any atom is -0.508 e. The van der Waals surface area contributed by atoms with Gasteiger partial charge in [-0.05, 0) is 99.9 Å². The van der Waals surface area contributed by atoms with E-state index in [1.54, 1.807) is 32.4 Å². The zero-order valence-corrected chi connectivity index (χ0v) is 41.4. The van der Waals surface area contributed by atoms with Crippen LogP contribution in [0.5, 0.6) is 11.8 Å². The molecule has 2 bridgehead atoms. The van der Waals surface area contributed by atoms with Crippen LogP contribution in [0.2, 0.25) is 0 Å². The van der Waals surface area contributed by atoms with Crippen molar-refractivity contribution < 1.29 is 47.3 Å². The van der Waals surface area contributed by atoms with Crippen LogP contribution in [0.4, 0.5) is 14.6 Å². The molecule has 3 aromatic carbocycles. The fourth-order valence-electron chi connectivity index (χ4n) is 11.6. The zero-order valence-electron chi connectivity index (χ0n) is 41.4. The largest absolute Gasteiger partial charge is 0.508 e. The number of anilines is 1. The number of terminal acetylenes is 1. The molecule has 7 heterocycles. The van der Waals surface area contributed by atoms with Crippen molar-refractivity contribution in [2.24, 2.45) is 0 Å². The highest BCUT2D eigenvalue weighted by Gasteiger charge is 2.51. The highest BCUT2D eigenvalue weighted by molar-refractivity contribution is 6.22. The Morgan fingerprint density at radius 1 is 1.07 bits per heavy atom. The number of amides is 5. The van der Waals surface area contributed by atoms with E-state index in [0.29, 0.717) is 91.9 Å². The summed E-state index contributed by atoms with van der Waals surface area (Å²) < 4.78 is 43.7. The number of nitrogens with one attached hydrogen (secondary N) is 3. The van der Waals surface area contributed by atoms with Gasteiger partial charge in [0.25, 0.3) is 11.8 Å². The van der Waals surface area contributed by atoms with Crippen molar-refractivity contribution in [3.8, 4) is 35.4 Å². The van der Waals surface area contributed by atoms with Crippen molar-refractivity contribution in [3.63, 3.8) is 0 Å². The molecule has 5 amide bonds. The molecule has 2 aromatic heterocycles. The van der Waals surface area contributed by atoms with Gasteiger partial charge in [0.05, 0.1) is 34.2 Å². The van der Waals surface area contributed by atoms with E-state index in [1.165, 1.54) is 29.2 Å². The Hall–Kier alpha value is -7.40. The van der Waals surface area contributed by atoms with E-state index >= 15 is 4.39 Å². The van der Waals surface area contributed by atoms with Crippen LogP contribution in [0, 0.1) is 24.0 Å². The Bertz CT molecular complexity index is 3080. The number of imide groups is 2. The molecule has 17 nitrogen and oxygen atoms in total. The zero-order chi connectivity index (χ0) is 52.3. The van der Waals surface area contributed by atoms with Gasteiger partial charge >= 0.3 is 6.01 Å². The van der Waals surface area contributed by atoms with E-state index in [4.69, 9.17) is 20.9 Å². The number of nitrogens with zero attached hydrogens (tertiary/aromatic N) is 6. The summed E-state index contributed by atoms with van der Waals surface area (Å²) in [6, 6.07) is 11.3. The number of methoxy groups -OCH3 is 1. The lowest BCUT2D eigenvalue weighted by Gasteiger charge is -2.35. The van der Waals surface area contributed by atoms with Crippen molar-refractivity contribution >= 4 is 58.0 Å². The van der Waals surface area contributed by atoms with E-state index in [-0.39, 0.29) is 75.7 Å². The van der Waals surface area contributed by atoms with Crippen LogP contribution in [0.3, 0.4) is 0 Å². The van der Waals surface area contributed by atoms with E-state index in [1.807, 2.05) is 11.4 Å². The summed E-state index contributed by atoms with van der Waals surface area (Å²) in [6.07, 6.45) is 15.6. The van der Waals surface area contributed by atoms with Gasteiger partial charge in [0.1, 0.15) is 35.2 Å². The molecule has 386 valence electrons. The first-order chi connectivity index (χ1) is 35.8. The molecule has 4 N–H and O–H groups in total. The number of aryl methyl sites for hydroxylation is 1. The third-order valence-corrected chi connectivity index (χ3v) is 15.0. The number of pyridine rings is 1. The number of fused-ring (bicyclic) bond motifs is 6. The lowest BCUT2D eigenvalue weighted by Crippen LogP contribution is -2.51. The maximum atomic E-state index is 16.9. The molecule has 5 aliphatic rings. The molecule has 74 heavy (non-hydrogen) atoms. The standard InChI is InChI=1S/C36H36F2N6O3.C19H23N3O5/c1-4-26-29(37)8-5-21-11-25(45)12-27(30(21)26)32-31(38)33-28(14-39-32)34(43-16-22-6-7-23(17-43)40-22)42-35(41-33)47-19-36-10-9-24(18-46-3)44(36)15-20(2)13-36;1-13(8-9-16(25)21-12-24)22-18(26)15-7-4-6-14(17(15)19(22)27)5-2-3-10-20-11-23/h1,5,8,11-12,14,22-24,40,45H,2,6-7,9-10,13,15-19H2,3H3;4,6-7,11-13H,2-3,5,8-10H2,1H3,(H,20,23)(H,21,24,25). The highest BCUT2D eigenvalue weighted by atomic mass is 19.1. The van der Waals surface area contributed by atoms with Crippen LogP contribution in [0.25, 0.3) is 32.9 Å². The normalized spacial score (nSPS) is 21.3. The summed E-state index contributed by atoms with van der Waals surface area (Å²) in [6.45, 7) is 9.71. The van der Waals surface area contributed by atoms with Crippen LogP contribution in [-0.4, -0.2) is 137 Å². The number of hydrogen-bond donors (Lipinski definition) is 4. The number of halogens is 2. The van der Waals surface area contributed by atoms with Gasteiger partial charge in [-0.15, -0.1) is 6.42 Å². The fourth-order valence-corrected chi connectivity index (χ4v) is 11.6. The molecule has 5 aromatic rings. The smallest absolute Gasteiger partial charge is 0.319 e. The first-order valence-electron chi connectivity index (χ1n) is 25.0. The Morgan fingerprint density at radius 2 is 1.86 bits per heavy atom. The average Bonchev–Trinajstić information content (AvgIpc) is 4.10. The number of carbonyl (C=O) groups is 5. The molecular formula is C55H59F2N9O8. The predicted molar refractivity (Wildman–Crippen MR) is 272 cm³/mol. The quantitative estimate of drug-likeness (QED) is 0.0272. The van der Waals surface area contributed by atoms with Crippen LogP contribution < -0.4 is 25.6 Å². The summed E-state index contributed by atoms with van der Waals surface area (Å²) >= 11 is 0. The minimum absolute atomic E-state index is 0.0323. The van der Waals surface area contributed by atoms with E-state index < -0.39 is 23.6 Å². The molecule has 19 heteroatoms. The SMILES string of the molecule is C#Cc1c(F)ccc2cc(O)cc(-c3ncc4c(N5CC6CCC(C5)N6)nc(OCC56CCC(COC)N5CC(=C)C6)nc4c3F)c12.CC(CCC(=O)NC=O)N1C(=O)c2cccc(CCCCNC=O)c2C1=O. The molecule has 5 atom stereocenters. The minimum atomic E-state index is -0.733. The van der Waals surface area contributed by atoms with Gasteiger partial charge in [0.15, 0.2) is 5.82 Å². The maximum absolute atomic E-state index is 16.9. The number of aromatic hydroxyl groups is 1. The Balaban J connectivity index is 0.000000213. The van der Waals surface area contributed by atoms with Crippen molar-refractivity contribution in [2.45, 2.75) is 101 Å². The number of piperazine rings is 1. The van der Waals surface area contributed by atoms with Crippen molar-refractivity contribution in [3.05, 3.63) is 94.7 Å². The first kappa shape index (κ1) is 51.5. The predicted octanol–water partition coefficient (Wildman–Crippen LogP) is 5.73. The number of carbonyl (C=O) groups excluding carboxylic acids is 5. The average molecular weight is 1010 g/mol. The van der Waals surface area contributed by atoms with Gasteiger partial charge in [0.2, 0.25) is 18.7 Å². The Labute approximate surface area is 427 Å². The summed E-state index contributed by atoms with van der Waals surface area (Å²) in [5.41, 5.74) is 2.57. The Kier molecular flexibility index (Phi) is 15.3. The van der Waals surface area contributed by atoms with E-state index in [2.05, 4.69) is 42.9 Å². The number of phenols is 1. The number of ether oxygens (including phenoxy) is 2. The van der Waals surface area contributed by atoms with Gasteiger partial charge in [0, 0.05) is 81.0 Å². The van der Waals surface area contributed by atoms with Crippen LogP contribution >= 0.6 is 0 Å². The summed E-state index contributed by atoms with van der Waals surface area (Å²) in [5, 5.41) is 20.0.